The minimum atomic E-state index is 0.868. The van der Waals surface area contributed by atoms with Gasteiger partial charge in [-0.3, -0.25) is 0 Å². The fraction of sp³-hybridized carbons (Fsp3) is 0.500. The van der Waals surface area contributed by atoms with Crippen LogP contribution in [0.15, 0.2) is 12.1 Å². The van der Waals surface area contributed by atoms with Gasteiger partial charge in [0, 0.05) is 16.8 Å². The molecule has 68 valence electrons. The summed E-state index contributed by atoms with van der Waals surface area (Å²) in [5.41, 5.74) is 0. The number of nitrogens with one attached hydrogen (secondary N) is 1. The maximum absolute atomic E-state index is 5.78. The van der Waals surface area contributed by atoms with Gasteiger partial charge in [-0.1, -0.05) is 27.5 Å². The fourth-order valence-corrected chi connectivity index (χ4v) is 2.19. The standard InChI is InChI=1S/C8H11BrClNS/c9-4-1-5-11-6-7-2-3-8(10)12-7/h2-3,11H,1,4-6H2. The summed E-state index contributed by atoms with van der Waals surface area (Å²) in [6.45, 7) is 1.99. The van der Waals surface area contributed by atoms with E-state index in [1.54, 1.807) is 11.3 Å². The number of rotatable bonds is 5. The Morgan fingerprint density at radius 1 is 1.50 bits per heavy atom. The van der Waals surface area contributed by atoms with Crippen molar-refractivity contribution in [3.63, 3.8) is 0 Å². The highest BCUT2D eigenvalue weighted by atomic mass is 79.9. The molecule has 1 aromatic rings. The molecule has 0 aliphatic rings. The van der Waals surface area contributed by atoms with Gasteiger partial charge >= 0.3 is 0 Å². The molecule has 0 amide bonds. The molecule has 0 aliphatic heterocycles. The molecule has 0 radical (unpaired) electrons. The van der Waals surface area contributed by atoms with Gasteiger partial charge in [0.25, 0.3) is 0 Å². The molecule has 0 bridgehead atoms. The van der Waals surface area contributed by atoms with Crippen molar-refractivity contribution in [1.82, 2.24) is 5.32 Å². The van der Waals surface area contributed by atoms with Gasteiger partial charge in [0.1, 0.15) is 0 Å². The minimum Gasteiger partial charge on any atom is -0.312 e. The fourth-order valence-electron chi connectivity index (χ4n) is 0.850. The molecule has 0 aliphatic carbocycles. The lowest BCUT2D eigenvalue weighted by molar-refractivity contribution is 0.686. The van der Waals surface area contributed by atoms with Crippen molar-refractivity contribution in [3.8, 4) is 0 Å². The average Bonchev–Trinajstić information content (AvgIpc) is 2.45. The van der Waals surface area contributed by atoms with E-state index in [0.717, 1.165) is 22.8 Å². The zero-order valence-corrected chi connectivity index (χ0v) is 9.81. The van der Waals surface area contributed by atoms with E-state index < -0.39 is 0 Å². The van der Waals surface area contributed by atoms with Crippen LogP contribution in [-0.4, -0.2) is 11.9 Å². The third kappa shape index (κ3) is 3.90. The van der Waals surface area contributed by atoms with Gasteiger partial charge in [-0.15, -0.1) is 11.3 Å². The highest BCUT2D eigenvalue weighted by Gasteiger charge is 1.95. The Labute approximate surface area is 90.3 Å². The number of halogens is 2. The molecule has 0 aromatic carbocycles. The predicted octanol–water partition coefficient (Wildman–Crippen LogP) is 3.28. The predicted molar refractivity (Wildman–Crippen MR) is 59.4 cm³/mol. The summed E-state index contributed by atoms with van der Waals surface area (Å²) in [4.78, 5) is 1.30. The Balaban J connectivity index is 2.15. The van der Waals surface area contributed by atoms with Gasteiger partial charge < -0.3 is 5.32 Å². The zero-order valence-electron chi connectivity index (χ0n) is 6.65. The lowest BCUT2D eigenvalue weighted by Crippen LogP contribution is -2.13. The van der Waals surface area contributed by atoms with Crippen LogP contribution < -0.4 is 5.32 Å². The zero-order chi connectivity index (χ0) is 8.81. The van der Waals surface area contributed by atoms with Gasteiger partial charge in [-0.25, -0.2) is 0 Å². The largest absolute Gasteiger partial charge is 0.312 e. The summed E-state index contributed by atoms with van der Waals surface area (Å²) in [5, 5.41) is 4.40. The summed E-state index contributed by atoms with van der Waals surface area (Å²) in [5.74, 6) is 0. The Morgan fingerprint density at radius 3 is 2.92 bits per heavy atom. The molecular formula is C8H11BrClNS. The van der Waals surface area contributed by atoms with Crippen LogP contribution in [0.2, 0.25) is 4.34 Å². The molecule has 1 heterocycles. The molecule has 0 fully saturated rings. The first-order valence-electron chi connectivity index (χ1n) is 3.84. The highest BCUT2D eigenvalue weighted by Crippen LogP contribution is 2.20. The SMILES string of the molecule is Clc1ccc(CNCCCBr)s1. The summed E-state index contributed by atoms with van der Waals surface area (Å²) >= 11 is 10.8. The normalized spacial score (nSPS) is 10.5. The van der Waals surface area contributed by atoms with Crippen LogP contribution in [0.5, 0.6) is 0 Å². The molecule has 0 unspecified atom stereocenters. The second-order valence-corrected chi connectivity index (χ2v) is 5.02. The van der Waals surface area contributed by atoms with E-state index in [0.29, 0.717) is 0 Å². The smallest absolute Gasteiger partial charge is 0.0931 e. The van der Waals surface area contributed by atoms with Crippen LogP contribution in [0.25, 0.3) is 0 Å². The Hall–Kier alpha value is 0.430. The third-order valence-corrected chi connectivity index (χ3v) is 3.21. The van der Waals surface area contributed by atoms with Gasteiger partial charge in [-0.05, 0) is 25.1 Å². The first-order valence-corrected chi connectivity index (χ1v) is 6.15. The number of hydrogen-bond acceptors (Lipinski definition) is 2. The molecule has 0 saturated heterocycles. The number of thiophene rings is 1. The van der Waals surface area contributed by atoms with Crippen LogP contribution in [0.1, 0.15) is 11.3 Å². The van der Waals surface area contributed by atoms with Crippen LogP contribution >= 0.6 is 38.9 Å². The first-order chi connectivity index (χ1) is 5.83. The Bertz CT molecular complexity index is 227. The second-order valence-electron chi connectivity index (χ2n) is 2.43. The maximum Gasteiger partial charge on any atom is 0.0931 e. The van der Waals surface area contributed by atoms with Crippen molar-refractivity contribution < 1.29 is 0 Å². The summed E-state index contributed by atoms with van der Waals surface area (Å²) in [6.07, 6.45) is 1.17. The maximum atomic E-state index is 5.78. The second kappa shape index (κ2) is 5.97. The van der Waals surface area contributed by atoms with Crippen LogP contribution in [-0.2, 0) is 6.54 Å². The molecule has 4 heteroatoms. The van der Waals surface area contributed by atoms with E-state index in [1.807, 2.05) is 6.07 Å². The lowest BCUT2D eigenvalue weighted by atomic mass is 10.4. The molecule has 1 rings (SSSR count). The molecule has 0 saturated carbocycles. The lowest BCUT2D eigenvalue weighted by Gasteiger charge is -1.99. The van der Waals surface area contributed by atoms with Crippen LogP contribution in [0, 0.1) is 0 Å². The van der Waals surface area contributed by atoms with E-state index >= 15 is 0 Å². The van der Waals surface area contributed by atoms with Crippen molar-refractivity contribution in [2.75, 3.05) is 11.9 Å². The number of hydrogen-bond donors (Lipinski definition) is 1. The van der Waals surface area contributed by atoms with E-state index in [1.165, 1.54) is 11.3 Å². The van der Waals surface area contributed by atoms with Crippen molar-refractivity contribution in [2.24, 2.45) is 0 Å². The minimum absolute atomic E-state index is 0.868. The van der Waals surface area contributed by atoms with Gasteiger partial charge in [0.2, 0.25) is 0 Å². The molecular weight excluding hydrogens is 258 g/mol. The summed E-state index contributed by atoms with van der Waals surface area (Å²) in [7, 11) is 0. The quantitative estimate of drug-likeness (QED) is 0.638. The molecule has 1 aromatic heterocycles. The van der Waals surface area contributed by atoms with Crippen LogP contribution in [0.3, 0.4) is 0 Å². The third-order valence-electron chi connectivity index (χ3n) is 1.42. The average molecular weight is 269 g/mol. The van der Waals surface area contributed by atoms with Crippen molar-refractivity contribution in [3.05, 3.63) is 21.3 Å². The van der Waals surface area contributed by atoms with Crippen molar-refractivity contribution in [2.45, 2.75) is 13.0 Å². The van der Waals surface area contributed by atoms with Gasteiger partial charge in [0.15, 0.2) is 0 Å². The van der Waals surface area contributed by atoms with E-state index in [9.17, 15) is 0 Å². The summed E-state index contributed by atoms with van der Waals surface area (Å²) in [6, 6.07) is 4.00. The molecule has 12 heavy (non-hydrogen) atoms. The van der Waals surface area contributed by atoms with E-state index in [4.69, 9.17) is 11.6 Å². The molecule has 1 nitrogen and oxygen atoms in total. The number of alkyl halides is 1. The first kappa shape index (κ1) is 10.5. The van der Waals surface area contributed by atoms with E-state index in [2.05, 4.69) is 27.3 Å². The Kier molecular flexibility index (Phi) is 5.23. The molecule has 0 atom stereocenters. The van der Waals surface area contributed by atoms with Crippen molar-refractivity contribution in [1.29, 1.82) is 0 Å². The van der Waals surface area contributed by atoms with Gasteiger partial charge in [-0.2, -0.15) is 0 Å². The highest BCUT2D eigenvalue weighted by molar-refractivity contribution is 9.09. The molecule has 1 N–H and O–H groups in total. The van der Waals surface area contributed by atoms with Crippen molar-refractivity contribution >= 4 is 38.9 Å². The molecule has 0 spiro atoms. The summed E-state index contributed by atoms with van der Waals surface area (Å²) < 4.78 is 0.868. The Morgan fingerprint density at radius 2 is 2.33 bits per heavy atom. The van der Waals surface area contributed by atoms with Gasteiger partial charge in [0.05, 0.1) is 4.34 Å². The topological polar surface area (TPSA) is 12.0 Å². The monoisotopic (exact) mass is 267 g/mol. The van der Waals surface area contributed by atoms with Crippen LogP contribution in [0.4, 0.5) is 0 Å². The van der Waals surface area contributed by atoms with E-state index in [-0.39, 0.29) is 0 Å².